The van der Waals surface area contributed by atoms with Gasteiger partial charge in [-0.3, -0.25) is 9.89 Å². The van der Waals surface area contributed by atoms with Crippen molar-refractivity contribution in [3.63, 3.8) is 0 Å². The third-order valence-electron chi connectivity index (χ3n) is 4.45. The zero-order valence-electron chi connectivity index (χ0n) is 15.5. The van der Waals surface area contributed by atoms with Crippen molar-refractivity contribution in [1.29, 1.82) is 0 Å². The average Bonchev–Trinajstić information content (AvgIpc) is 3.04. The van der Waals surface area contributed by atoms with E-state index in [1.54, 1.807) is 19.2 Å². The standard InChI is InChI=1S/C21H23N3O3/c1-14-19(21(24-23-14)16-5-9-18(27-2)10-6-16)13-20(26)22-12-11-15-3-7-17(25)8-4-15/h3-10,25H,11-13H2,1-2H3,(H,22,26)(H,23,24). The van der Waals surface area contributed by atoms with Gasteiger partial charge in [-0.15, -0.1) is 0 Å². The van der Waals surface area contributed by atoms with Crippen LogP contribution in [0.1, 0.15) is 16.8 Å². The number of phenols is 1. The number of nitrogens with zero attached hydrogens (tertiary/aromatic N) is 1. The van der Waals surface area contributed by atoms with Gasteiger partial charge in [0.2, 0.25) is 5.91 Å². The van der Waals surface area contributed by atoms with Crippen molar-refractivity contribution in [2.75, 3.05) is 13.7 Å². The Morgan fingerprint density at radius 3 is 2.52 bits per heavy atom. The number of rotatable bonds is 7. The number of hydrogen-bond acceptors (Lipinski definition) is 4. The molecule has 0 radical (unpaired) electrons. The minimum Gasteiger partial charge on any atom is -0.508 e. The van der Waals surface area contributed by atoms with Gasteiger partial charge in [0.25, 0.3) is 0 Å². The fourth-order valence-corrected chi connectivity index (χ4v) is 2.89. The number of aryl methyl sites for hydroxylation is 1. The van der Waals surface area contributed by atoms with Crippen molar-refractivity contribution in [1.82, 2.24) is 15.5 Å². The topological polar surface area (TPSA) is 87.2 Å². The number of carbonyl (C=O) groups excluding carboxylic acids is 1. The lowest BCUT2D eigenvalue weighted by Crippen LogP contribution is -2.27. The lowest BCUT2D eigenvalue weighted by atomic mass is 10.0. The number of hydrogen-bond donors (Lipinski definition) is 3. The molecule has 6 heteroatoms. The highest BCUT2D eigenvalue weighted by Gasteiger charge is 2.15. The first kappa shape index (κ1) is 18.5. The van der Waals surface area contributed by atoms with Gasteiger partial charge in [-0.25, -0.2) is 0 Å². The Labute approximate surface area is 158 Å². The van der Waals surface area contributed by atoms with Gasteiger partial charge >= 0.3 is 0 Å². The third kappa shape index (κ3) is 4.67. The molecule has 0 saturated heterocycles. The molecular weight excluding hydrogens is 342 g/mol. The van der Waals surface area contributed by atoms with Gasteiger partial charge in [-0.05, 0) is 55.3 Å². The molecule has 1 amide bonds. The van der Waals surface area contributed by atoms with Crippen LogP contribution in [0.5, 0.6) is 11.5 Å². The molecule has 0 spiro atoms. The first-order valence-electron chi connectivity index (χ1n) is 8.79. The minimum atomic E-state index is -0.0481. The summed E-state index contributed by atoms with van der Waals surface area (Å²) in [5.41, 5.74) is 4.55. The molecule has 0 aliphatic heterocycles. The summed E-state index contributed by atoms with van der Waals surface area (Å²) in [6.45, 7) is 2.46. The lowest BCUT2D eigenvalue weighted by Gasteiger charge is -2.08. The molecule has 6 nitrogen and oxygen atoms in total. The average molecular weight is 365 g/mol. The number of nitrogens with one attached hydrogen (secondary N) is 2. The fourth-order valence-electron chi connectivity index (χ4n) is 2.89. The van der Waals surface area contributed by atoms with Crippen LogP contribution in [0.3, 0.4) is 0 Å². The Morgan fingerprint density at radius 2 is 1.85 bits per heavy atom. The van der Waals surface area contributed by atoms with Crippen LogP contribution in [-0.4, -0.2) is 34.9 Å². The molecule has 0 unspecified atom stereocenters. The van der Waals surface area contributed by atoms with Crippen molar-refractivity contribution in [3.05, 3.63) is 65.4 Å². The molecule has 0 bridgehead atoms. The van der Waals surface area contributed by atoms with Crippen molar-refractivity contribution in [2.24, 2.45) is 0 Å². The van der Waals surface area contributed by atoms with Crippen LogP contribution < -0.4 is 10.1 Å². The molecule has 0 fully saturated rings. The molecule has 0 atom stereocenters. The summed E-state index contributed by atoms with van der Waals surface area (Å²) < 4.78 is 5.19. The van der Waals surface area contributed by atoms with E-state index in [4.69, 9.17) is 4.74 Å². The van der Waals surface area contributed by atoms with Gasteiger partial charge in [0.05, 0.1) is 19.2 Å². The number of amides is 1. The minimum absolute atomic E-state index is 0.0481. The number of ether oxygens (including phenoxy) is 1. The summed E-state index contributed by atoms with van der Waals surface area (Å²) in [7, 11) is 1.63. The second-order valence-electron chi connectivity index (χ2n) is 6.35. The molecular formula is C21H23N3O3. The van der Waals surface area contributed by atoms with E-state index in [2.05, 4.69) is 15.5 Å². The van der Waals surface area contributed by atoms with E-state index >= 15 is 0 Å². The van der Waals surface area contributed by atoms with Crippen molar-refractivity contribution >= 4 is 5.91 Å². The van der Waals surface area contributed by atoms with Crippen LogP contribution in [0.4, 0.5) is 0 Å². The summed E-state index contributed by atoms with van der Waals surface area (Å²) in [5.74, 6) is 0.969. The van der Waals surface area contributed by atoms with Crippen LogP contribution in [0.25, 0.3) is 11.3 Å². The quantitative estimate of drug-likeness (QED) is 0.601. The smallest absolute Gasteiger partial charge is 0.224 e. The normalized spacial score (nSPS) is 10.6. The SMILES string of the molecule is COc1ccc(-c2n[nH]c(C)c2CC(=O)NCCc2ccc(O)cc2)cc1. The predicted molar refractivity (Wildman–Crippen MR) is 104 cm³/mol. The van der Waals surface area contributed by atoms with Gasteiger partial charge in [0.1, 0.15) is 11.5 Å². The summed E-state index contributed by atoms with van der Waals surface area (Å²) >= 11 is 0. The Morgan fingerprint density at radius 1 is 1.15 bits per heavy atom. The molecule has 1 aromatic heterocycles. The number of methoxy groups -OCH3 is 1. The predicted octanol–water partition coefficient (Wildman–Crippen LogP) is 3.00. The van der Waals surface area contributed by atoms with Gasteiger partial charge in [0, 0.05) is 23.4 Å². The van der Waals surface area contributed by atoms with E-state index in [1.165, 1.54) is 0 Å². The fraction of sp³-hybridized carbons (Fsp3) is 0.238. The molecule has 140 valence electrons. The Hall–Kier alpha value is -3.28. The van der Waals surface area contributed by atoms with E-state index in [1.807, 2.05) is 43.3 Å². The van der Waals surface area contributed by atoms with Crippen LogP contribution in [-0.2, 0) is 17.6 Å². The largest absolute Gasteiger partial charge is 0.508 e. The maximum atomic E-state index is 12.4. The number of benzene rings is 2. The molecule has 27 heavy (non-hydrogen) atoms. The number of H-pyrrole nitrogens is 1. The number of aromatic nitrogens is 2. The summed E-state index contributed by atoms with van der Waals surface area (Å²) in [5, 5.41) is 19.6. The van der Waals surface area contributed by atoms with Crippen molar-refractivity contribution < 1.29 is 14.6 Å². The molecule has 3 aromatic rings. The monoisotopic (exact) mass is 365 g/mol. The zero-order chi connectivity index (χ0) is 19.2. The van der Waals surface area contributed by atoms with Crippen LogP contribution in [0, 0.1) is 6.92 Å². The second kappa shape index (κ2) is 8.40. The molecule has 0 saturated carbocycles. The maximum absolute atomic E-state index is 12.4. The highest BCUT2D eigenvalue weighted by molar-refractivity contribution is 5.81. The third-order valence-corrected chi connectivity index (χ3v) is 4.45. The van der Waals surface area contributed by atoms with Crippen LogP contribution >= 0.6 is 0 Å². The van der Waals surface area contributed by atoms with Gasteiger partial charge in [-0.1, -0.05) is 12.1 Å². The summed E-state index contributed by atoms with van der Waals surface area (Å²) in [6.07, 6.45) is 0.973. The number of phenolic OH excluding ortho intramolecular Hbond substituents is 1. The first-order chi connectivity index (χ1) is 13.1. The molecule has 3 rings (SSSR count). The van der Waals surface area contributed by atoms with Gasteiger partial charge in [0.15, 0.2) is 0 Å². The first-order valence-corrected chi connectivity index (χ1v) is 8.79. The van der Waals surface area contributed by atoms with E-state index in [9.17, 15) is 9.90 Å². The lowest BCUT2D eigenvalue weighted by molar-refractivity contribution is -0.120. The summed E-state index contributed by atoms with van der Waals surface area (Å²) in [4.78, 5) is 12.4. The van der Waals surface area contributed by atoms with E-state index < -0.39 is 0 Å². The van der Waals surface area contributed by atoms with E-state index in [0.717, 1.165) is 33.8 Å². The van der Waals surface area contributed by atoms with Gasteiger partial charge < -0.3 is 15.2 Å². The zero-order valence-corrected chi connectivity index (χ0v) is 15.5. The van der Waals surface area contributed by atoms with Gasteiger partial charge in [-0.2, -0.15) is 5.10 Å². The summed E-state index contributed by atoms with van der Waals surface area (Å²) in [6, 6.07) is 14.6. The maximum Gasteiger partial charge on any atom is 0.224 e. The highest BCUT2D eigenvalue weighted by atomic mass is 16.5. The highest BCUT2D eigenvalue weighted by Crippen LogP contribution is 2.26. The Balaban J connectivity index is 1.62. The van der Waals surface area contributed by atoms with Crippen molar-refractivity contribution in [2.45, 2.75) is 19.8 Å². The second-order valence-corrected chi connectivity index (χ2v) is 6.35. The molecule has 1 heterocycles. The van der Waals surface area contributed by atoms with E-state index in [0.29, 0.717) is 13.0 Å². The van der Waals surface area contributed by atoms with E-state index in [-0.39, 0.29) is 18.1 Å². The molecule has 0 aliphatic carbocycles. The molecule has 3 N–H and O–H groups in total. The Bertz CT molecular complexity index is 899. The number of carbonyl (C=O) groups is 1. The van der Waals surface area contributed by atoms with Crippen LogP contribution in [0.15, 0.2) is 48.5 Å². The molecule has 2 aromatic carbocycles. The van der Waals surface area contributed by atoms with Crippen LogP contribution in [0.2, 0.25) is 0 Å². The van der Waals surface area contributed by atoms with Crippen molar-refractivity contribution in [3.8, 4) is 22.8 Å². The number of aromatic hydroxyl groups is 1. The molecule has 0 aliphatic rings. The Kier molecular flexibility index (Phi) is 5.76. The number of aromatic amines is 1.